The van der Waals surface area contributed by atoms with E-state index in [2.05, 4.69) is 44.6 Å². The Hall–Kier alpha value is -2.99. The Morgan fingerprint density at radius 2 is 1.80 bits per heavy atom. The van der Waals surface area contributed by atoms with E-state index in [0.29, 0.717) is 18.8 Å². The molecule has 2 aromatic carbocycles. The second-order valence-corrected chi connectivity index (χ2v) is 8.41. The molecular weight excluding hydrogens is 374 g/mol. The summed E-state index contributed by atoms with van der Waals surface area (Å²) in [5, 5.41) is 7.71. The Bertz CT molecular complexity index is 1020. The van der Waals surface area contributed by atoms with Crippen molar-refractivity contribution in [2.75, 3.05) is 0 Å². The maximum absolute atomic E-state index is 12.2. The molecule has 2 fully saturated rings. The van der Waals surface area contributed by atoms with Crippen LogP contribution in [0.2, 0.25) is 0 Å². The lowest BCUT2D eigenvalue weighted by atomic mass is 10.1. The van der Waals surface area contributed by atoms with Crippen LogP contribution in [0.3, 0.4) is 0 Å². The summed E-state index contributed by atoms with van der Waals surface area (Å²) in [4.78, 5) is 19.3. The van der Waals surface area contributed by atoms with E-state index in [0.717, 1.165) is 42.2 Å². The van der Waals surface area contributed by atoms with Gasteiger partial charge < -0.3 is 5.32 Å². The van der Waals surface area contributed by atoms with Crippen LogP contribution in [0.5, 0.6) is 0 Å². The molecule has 0 unspecified atom stereocenters. The van der Waals surface area contributed by atoms with Gasteiger partial charge in [-0.2, -0.15) is 5.10 Å². The zero-order valence-electron chi connectivity index (χ0n) is 17.3. The monoisotopic (exact) mass is 401 g/mol. The molecule has 6 nitrogen and oxygen atoms in total. The van der Waals surface area contributed by atoms with E-state index in [1.807, 2.05) is 41.9 Å². The fraction of sp³-hybridized carbons (Fsp3) is 0.375. The highest BCUT2D eigenvalue weighted by Gasteiger charge is 2.30. The quantitative estimate of drug-likeness (QED) is 0.624. The number of amides is 1. The summed E-state index contributed by atoms with van der Waals surface area (Å²) in [7, 11) is 0. The fourth-order valence-electron chi connectivity index (χ4n) is 3.75. The van der Waals surface area contributed by atoms with Crippen molar-refractivity contribution in [3.8, 4) is 11.4 Å². The summed E-state index contributed by atoms with van der Waals surface area (Å²) in [5.74, 6) is 1.73. The van der Waals surface area contributed by atoms with Gasteiger partial charge in [-0.1, -0.05) is 42.5 Å². The molecule has 1 N–H and O–H groups in total. The maximum atomic E-state index is 12.2. The number of benzene rings is 2. The highest BCUT2D eigenvalue weighted by atomic mass is 16.1. The Labute approximate surface area is 176 Å². The smallest absolute Gasteiger partial charge is 0.251 e. The van der Waals surface area contributed by atoms with E-state index < -0.39 is 0 Å². The van der Waals surface area contributed by atoms with Crippen molar-refractivity contribution in [1.29, 1.82) is 0 Å². The second kappa shape index (κ2) is 8.03. The Balaban J connectivity index is 1.31. The molecule has 0 atom stereocenters. The molecule has 6 heteroatoms. The molecule has 2 aliphatic rings. The first-order valence-corrected chi connectivity index (χ1v) is 10.8. The van der Waals surface area contributed by atoms with Crippen LogP contribution >= 0.6 is 0 Å². The minimum absolute atomic E-state index is 0.0358. The SMILES string of the molecule is Cc1nc(-c2ccccc2)n(CN(Cc2ccc(C(=O)NC3CC3)cc2)C2CC2)n1. The number of hydrogen-bond donors (Lipinski definition) is 1. The number of aromatic nitrogens is 3. The molecule has 2 aliphatic carbocycles. The number of carbonyl (C=O) groups excluding carboxylic acids is 1. The van der Waals surface area contributed by atoms with Gasteiger partial charge in [-0.05, 0) is 50.3 Å². The Morgan fingerprint density at radius 1 is 1.07 bits per heavy atom. The molecule has 0 bridgehead atoms. The van der Waals surface area contributed by atoms with Crippen LogP contribution in [0.1, 0.15) is 47.4 Å². The molecule has 5 rings (SSSR count). The molecule has 1 amide bonds. The second-order valence-electron chi connectivity index (χ2n) is 8.41. The van der Waals surface area contributed by atoms with Crippen molar-refractivity contribution in [2.45, 2.75) is 57.9 Å². The van der Waals surface area contributed by atoms with Gasteiger partial charge in [-0.15, -0.1) is 0 Å². The third-order valence-electron chi connectivity index (χ3n) is 5.70. The van der Waals surface area contributed by atoms with Gasteiger partial charge in [-0.3, -0.25) is 9.69 Å². The Morgan fingerprint density at radius 3 is 2.47 bits per heavy atom. The van der Waals surface area contributed by atoms with E-state index in [9.17, 15) is 4.79 Å². The normalized spacial score (nSPS) is 16.1. The molecular formula is C24H27N5O. The zero-order chi connectivity index (χ0) is 20.5. The van der Waals surface area contributed by atoms with E-state index in [1.54, 1.807) is 0 Å². The van der Waals surface area contributed by atoms with Gasteiger partial charge in [0, 0.05) is 29.8 Å². The van der Waals surface area contributed by atoms with Crippen LogP contribution in [0.15, 0.2) is 54.6 Å². The lowest BCUT2D eigenvalue weighted by Crippen LogP contribution is -2.29. The average molecular weight is 402 g/mol. The van der Waals surface area contributed by atoms with E-state index in [1.165, 1.54) is 18.4 Å². The molecule has 0 radical (unpaired) electrons. The van der Waals surface area contributed by atoms with Crippen LogP contribution in [-0.2, 0) is 13.2 Å². The van der Waals surface area contributed by atoms with Crippen molar-refractivity contribution >= 4 is 5.91 Å². The lowest BCUT2D eigenvalue weighted by molar-refractivity contribution is 0.0951. The summed E-state index contributed by atoms with van der Waals surface area (Å²) in [5.41, 5.74) is 3.03. The summed E-state index contributed by atoms with van der Waals surface area (Å²) >= 11 is 0. The van der Waals surface area contributed by atoms with Crippen molar-refractivity contribution in [3.63, 3.8) is 0 Å². The molecule has 154 valence electrons. The van der Waals surface area contributed by atoms with Gasteiger partial charge in [0.1, 0.15) is 5.82 Å². The zero-order valence-corrected chi connectivity index (χ0v) is 17.3. The van der Waals surface area contributed by atoms with Gasteiger partial charge in [-0.25, -0.2) is 9.67 Å². The van der Waals surface area contributed by atoms with Crippen molar-refractivity contribution in [1.82, 2.24) is 25.0 Å². The van der Waals surface area contributed by atoms with E-state index in [4.69, 9.17) is 0 Å². The van der Waals surface area contributed by atoms with Crippen molar-refractivity contribution < 1.29 is 4.79 Å². The number of rotatable bonds is 8. The molecule has 0 saturated heterocycles. The number of aryl methyl sites for hydroxylation is 1. The van der Waals surface area contributed by atoms with Crippen molar-refractivity contribution in [3.05, 3.63) is 71.5 Å². The van der Waals surface area contributed by atoms with Gasteiger partial charge in [0.25, 0.3) is 5.91 Å². The molecule has 1 heterocycles. The molecule has 30 heavy (non-hydrogen) atoms. The molecule has 0 aliphatic heterocycles. The van der Waals surface area contributed by atoms with Crippen LogP contribution in [0.25, 0.3) is 11.4 Å². The fourth-order valence-corrected chi connectivity index (χ4v) is 3.75. The van der Waals surface area contributed by atoms with Gasteiger partial charge >= 0.3 is 0 Å². The average Bonchev–Trinajstić information content (AvgIpc) is 3.68. The highest BCUT2D eigenvalue weighted by molar-refractivity contribution is 5.94. The number of carbonyl (C=O) groups is 1. The van der Waals surface area contributed by atoms with Gasteiger partial charge in [0.15, 0.2) is 5.82 Å². The van der Waals surface area contributed by atoms with Crippen LogP contribution in [-0.4, -0.2) is 37.7 Å². The van der Waals surface area contributed by atoms with Crippen LogP contribution in [0, 0.1) is 6.92 Å². The third kappa shape index (κ3) is 4.44. The van der Waals surface area contributed by atoms with Gasteiger partial charge in [0.05, 0.1) is 6.67 Å². The Kier molecular flexibility index (Phi) is 5.09. The molecule has 3 aromatic rings. The molecule has 1 aromatic heterocycles. The minimum atomic E-state index is 0.0358. The first-order valence-electron chi connectivity index (χ1n) is 10.8. The van der Waals surface area contributed by atoms with Crippen LogP contribution in [0.4, 0.5) is 0 Å². The standard InChI is InChI=1S/C24H27N5O/c1-17-25-23(19-5-3-2-4-6-19)29(27-17)16-28(22-13-14-22)15-18-7-9-20(10-8-18)24(30)26-21-11-12-21/h2-10,21-22H,11-16H2,1H3,(H,26,30). The summed E-state index contributed by atoms with van der Waals surface area (Å²) in [6.45, 7) is 3.48. The van der Waals surface area contributed by atoms with E-state index >= 15 is 0 Å². The third-order valence-corrected chi connectivity index (χ3v) is 5.70. The number of nitrogens with zero attached hydrogens (tertiary/aromatic N) is 4. The van der Waals surface area contributed by atoms with Gasteiger partial charge in [0.2, 0.25) is 0 Å². The first-order chi connectivity index (χ1) is 14.7. The summed E-state index contributed by atoms with van der Waals surface area (Å²) < 4.78 is 2.01. The first kappa shape index (κ1) is 19.0. The predicted octanol–water partition coefficient (Wildman–Crippen LogP) is 3.77. The van der Waals surface area contributed by atoms with Crippen LogP contribution < -0.4 is 5.32 Å². The molecule has 0 spiro atoms. The largest absolute Gasteiger partial charge is 0.349 e. The maximum Gasteiger partial charge on any atom is 0.251 e. The summed E-state index contributed by atoms with van der Waals surface area (Å²) in [6.07, 6.45) is 4.65. The van der Waals surface area contributed by atoms with Crippen molar-refractivity contribution in [2.24, 2.45) is 0 Å². The van der Waals surface area contributed by atoms with E-state index in [-0.39, 0.29) is 5.91 Å². The molecule has 2 saturated carbocycles. The number of nitrogens with one attached hydrogen (secondary N) is 1. The lowest BCUT2D eigenvalue weighted by Gasteiger charge is -2.23. The summed E-state index contributed by atoms with van der Waals surface area (Å²) in [6, 6.07) is 19.2. The predicted molar refractivity (Wildman–Crippen MR) is 116 cm³/mol. The number of hydrogen-bond acceptors (Lipinski definition) is 4. The minimum Gasteiger partial charge on any atom is -0.349 e. The highest BCUT2D eigenvalue weighted by Crippen LogP contribution is 2.30. The topological polar surface area (TPSA) is 63.1 Å².